The molecule has 4 heteroatoms. The van der Waals surface area contributed by atoms with E-state index in [-0.39, 0.29) is 5.97 Å². The van der Waals surface area contributed by atoms with Crippen LogP contribution < -0.4 is 5.32 Å². The maximum Gasteiger partial charge on any atom is 0.333 e. The summed E-state index contributed by atoms with van der Waals surface area (Å²) in [5.74, 6) is 0.826. The van der Waals surface area contributed by atoms with Crippen LogP contribution in [-0.2, 0) is 9.53 Å². The summed E-state index contributed by atoms with van der Waals surface area (Å²) in [5.41, 5.74) is 0. The molecule has 68 valence electrons. The number of hydrogen-bond acceptors (Lipinski definition) is 4. The van der Waals surface area contributed by atoms with E-state index >= 15 is 0 Å². The third-order valence-corrected chi connectivity index (χ3v) is 2.48. The molecule has 3 nitrogen and oxygen atoms in total. The molecule has 1 saturated heterocycles. The number of carbonyl (C=O) groups excluding carboxylic acids is 1. The first-order valence-corrected chi connectivity index (χ1v) is 5.06. The molecular weight excluding hydrogens is 174 g/mol. The highest BCUT2D eigenvalue weighted by Gasteiger charge is 2.06. The zero-order valence-electron chi connectivity index (χ0n) is 7.13. The summed E-state index contributed by atoms with van der Waals surface area (Å²) >= 11 is 1.67. The van der Waals surface area contributed by atoms with E-state index in [1.807, 2.05) is 0 Å². The van der Waals surface area contributed by atoms with Crippen molar-refractivity contribution in [1.29, 1.82) is 0 Å². The van der Waals surface area contributed by atoms with Gasteiger partial charge in [0.05, 0.1) is 17.7 Å². The lowest BCUT2D eigenvalue weighted by Crippen LogP contribution is -2.19. The van der Waals surface area contributed by atoms with Gasteiger partial charge in [-0.3, -0.25) is 0 Å². The molecule has 1 fully saturated rings. The molecule has 0 saturated carbocycles. The SMILES string of the molecule is CCOC(=O)/C=C1/NCCCS1. The van der Waals surface area contributed by atoms with Gasteiger partial charge < -0.3 is 10.1 Å². The van der Waals surface area contributed by atoms with Gasteiger partial charge in [-0.25, -0.2) is 4.79 Å². The Hall–Kier alpha value is -0.640. The molecule has 0 spiro atoms. The fourth-order valence-corrected chi connectivity index (χ4v) is 1.79. The van der Waals surface area contributed by atoms with Gasteiger partial charge >= 0.3 is 5.97 Å². The molecule has 1 rings (SSSR count). The molecule has 0 radical (unpaired) electrons. The second kappa shape index (κ2) is 5.09. The molecular formula is C8H13NO2S. The average molecular weight is 187 g/mol. The average Bonchev–Trinajstić information content (AvgIpc) is 2.06. The van der Waals surface area contributed by atoms with Gasteiger partial charge in [-0.05, 0) is 13.3 Å². The van der Waals surface area contributed by atoms with Gasteiger partial charge in [-0.2, -0.15) is 0 Å². The van der Waals surface area contributed by atoms with Crippen LogP contribution in [0.4, 0.5) is 0 Å². The van der Waals surface area contributed by atoms with Crippen molar-refractivity contribution in [3.8, 4) is 0 Å². The van der Waals surface area contributed by atoms with Crippen LogP contribution in [0.1, 0.15) is 13.3 Å². The molecule has 0 amide bonds. The summed E-state index contributed by atoms with van der Waals surface area (Å²) in [7, 11) is 0. The van der Waals surface area contributed by atoms with E-state index in [2.05, 4.69) is 5.32 Å². The molecule has 0 aromatic heterocycles. The topological polar surface area (TPSA) is 38.3 Å². The summed E-state index contributed by atoms with van der Waals surface area (Å²) in [4.78, 5) is 11.0. The highest BCUT2D eigenvalue weighted by Crippen LogP contribution is 2.17. The number of carbonyl (C=O) groups is 1. The van der Waals surface area contributed by atoms with Gasteiger partial charge in [-0.1, -0.05) is 0 Å². The molecule has 1 aliphatic heterocycles. The summed E-state index contributed by atoms with van der Waals surface area (Å²) in [5, 5.41) is 4.06. The Kier molecular flexibility index (Phi) is 4.00. The first kappa shape index (κ1) is 9.45. The molecule has 0 aromatic carbocycles. The highest BCUT2D eigenvalue weighted by molar-refractivity contribution is 8.03. The third-order valence-electron chi connectivity index (χ3n) is 1.41. The molecule has 1 aliphatic rings. The first-order chi connectivity index (χ1) is 5.83. The second-order valence-electron chi connectivity index (χ2n) is 2.39. The lowest BCUT2D eigenvalue weighted by molar-refractivity contribution is -0.137. The number of thioether (sulfide) groups is 1. The summed E-state index contributed by atoms with van der Waals surface area (Å²) in [6.45, 7) is 3.20. The second-order valence-corrected chi connectivity index (χ2v) is 3.53. The maximum atomic E-state index is 11.0. The van der Waals surface area contributed by atoms with Gasteiger partial charge in [-0.15, -0.1) is 11.8 Å². The quantitative estimate of drug-likeness (QED) is 0.519. The molecule has 0 atom stereocenters. The van der Waals surface area contributed by atoms with Crippen LogP contribution in [0.5, 0.6) is 0 Å². The van der Waals surface area contributed by atoms with Gasteiger partial charge in [0.2, 0.25) is 0 Å². The van der Waals surface area contributed by atoms with Crippen molar-refractivity contribution in [2.24, 2.45) is 0 Å². The molecule has 1 N–H and O–H groups in total. The molecule has 1 heterocycles. The molecule has 0 unspecified atom stereocenters. The van der Waals surface area contributed by atoms with Crippen LogP contribution in [0.2, 0.25) is 0 Å². The predicted octanol–water partition coefficient (Wildman–Crippen LogP) is 1.12. The lowest BCUT2D eigenvalue weighted by Gasteiger charge is -2.15. The Bertz CT molecular complexity index is 183. The molecule has 0 aromatic rings. The van der Waals surface area contributed by atoms with E-state index in [4.69, 9.17) is 4.74 Å². The highest BCUT2D eigenvalue weighted by atomic mass is 32.2. The minimum absolute atomic E-state index is 0.255. The maximum absolute atomic E-state index is 11.0. The van der Waals surface area contributed by atoms with Gasteiger partial charge in [0, 0.05) is 12.3 Å². The van der Waals surface area contributed by atoms with E-state index in [1.165, 1.54) is 6.08 Å². The monoisotopic (exact) mass is 187 g/mol. The van der Waals surface area contributed by atoms with Gasteiger partial charge in [0.25, 0.3) is 0 Å². The minimum atomic E-state index is -0.255. The van der Waals surface area contributed by atoms with Crippen LogP contribution in [-0.4, -0.2) is 24.9 Å². The van der Waals surface area contributed by atoms with Crippen LogP contribution >= 0.6 is 11.8 Å². The lowest BCUT2D eigenvalue weighted by atomic mass is 10.4. The smallest absolute Gasteiger partial charge is 0.333 e. The Morgan fingerprint density at radius 1 is 1.83 bits per heavy atom. The van der Waals surface area contributed by atoms with E-state index < -0.39 is 0 Å². The Balaban J connectivity index is 2.37. The van der Waals surface area contributed by atoms with E-state index in [9.17, 15) is 4.79 Å². The number of rotatable bonds is 2. The predicted molar refractivity (Wildman–Crippen MR) is 49.8 cm³/mol. The third kappa shape index (κ3) is 3.17. The Morgan fingerprint density at radius 2 is 2.67 bits per heavy atom. The Morgan fingerprint density at radius 3 is 3.25 bits per heavy atom. The van der Waals surface area contributed by atoms with Gasteiger partial charge in [0.15, 0.2) is 0 Å². The van der Waals surface area contributed by atoms with Crippen LogP contribution in [0.25, 0.3) is 0 Å². The fraction of sp³-hybridized carbons (Fsp3) is 0.625. The van der Waals surface area contributed by atoms with Gasteiger partial charge in [0.1, 0.15) is 0 Å². The standard InChI is InChI=1S/C8H13NO2S/c1-2-11-8(10)6-7-9-4-3-5-12-7/h6,9H,2-5H2,1H3/b7-6-. The van der Waals surface area contributed by atoms with Crippen LogP contribution in [0.15, 0.2) is 11.1 Å². The van der Waals surface area contributed by atoms with Crippen molar-refractivity contribution < 1.29 is 9.53 Å². The summed E-state index contributed by atoms with van der Waals surface area (Å²) in [6, 6.07) is 0. The number of esters is 1. The van der Waals surface area contributed by atoms with E-state index in [0.29, 0.717) is 6.61 Å². The van der Waals surface area contributed by atoms with Crippen molar-refractivity contribution in [2.75, 3.05) is 18.9 Å². The van der Waals surface area contributed by atoms with Crippen molar-refractivity contribution in [3.05, 3.63) is 11.1 Å². The molecule has 12 heavy (non-hydrogen) atoms. The van der Waals surface area contributed by atoms with Crippen LogP contribution in [0, 0.1) is 0 Å². The minimum Gasteiger partial charge on any atom is -0.463 e. The number of ether oxygens (including phenoxy) is 1. The van der Waals surface area contributed by atoms with E-state index in [1.54, 1.807) is 18.7 Å². The van der Waals surface area contributed by atoms with Crippen LogP contribution in [0.3, 0.4) is 0 Å². The summed E-state index contributed by atoms with van der Waals surface area (Å²) in [6.07, 6.45) is 2.68. The number of hydrogen-bond donors (Lipinski definition) is 1. The first-order valence-electron chi connectivity index (χ1n) is 4.08. The fourth-order valence-electron chi connectivity index (χ4n) is 0.901. The largest absolute Gasteiger partial charge is 0.463 e. The summed E-state index contributed by atoms with van der Waals surface area (Å²) < 4.78 is 4.78. The molecule has 0 aliphatic carbocycles. The zero-order valence-corrected chi connectivity index (χ0v) is 7.95. The number of nitrogens with one attached hydrogen (secondary N) is 1. The van der Waals surface area contributed by atoms with Crippen molar-refractivity contribution in [2.45, 2.75) is 13.3 Å². The van der Waals surface area contributed by atoms with Crippen molar-refractivity contribution in [1.82, 2.24) is 5.32 Å². The van der Waals surface area contributed by atoms with Crippen molar-refractivity contribution in [3.63, 3.8) is 0 Å². The normalized spacial score (nSPS) is 20.2. The molecule has 0 bridgehead atoms. The zero-order chi connectivity index (χ0) is 8.81. The van der Waals surface area contributed by atoms with Crippen molar-refractivity contribution >= 4 is 17.7 Å². The van der Waals surface area contributed by atoms with E-state index in [0.717, 1.165) is 23.7 Å². The Labute approximate surface area is 76.5 Å².